The molecular formula is C16H17ClN2O3S2. The van der Waals surface area contributed by atoms with Crippen LogP contribution in [0.2, 0.25) is 4.34 Å². The Labute approximate surface area is 150 Å². The number of para-hydroxylation sites is 1. The van der Waals surface area contributed by atoms with Crippen LogP contribution in [-0.2, 0) is 14.8 Å². The first-order valence-electron chi connectivity index (χ1n) is 7.58. The summed E-state index contributed by atoms with van der Waals surface area (Å²) in [6.45, 7) is 0.676. The third kappa shape index (κ3) is 3.80. The van der Waals surface area contributed by atoms with Crippen LogP contribution in [0.4, 0.5) is 5.69 Å². The van der Waals surface area contributed by atoms with Crippen LogP contribution in [0, 0.1) is 5.92 Å². The van der Waals surface area contributed by atoms with E-state index in [4.69, 9.17) is 11.6 Å². The molecule has 1 fully saturated rings. The van der Waals surface area contributed by atoms with Gasteiger partial charge in [-0.1, -0.05) is 29.8 Å². The molecule has 1 amide bonds. The number of piperidine rings is 1. The Balaban J connectivity index is 1.60. The number of hydrogen-bond donors (Lipinski definition) is 1. The highest BCUT2D eigenvalue weighted by molar-refractivity contribution is 7.91. The van der Waals surface area contributed by atoms with Gasteiger partial charge in [0.1, 0.15) is 4.21 Å². The van der Waals surface area contributed by atoms with Gasteiger partial charge in [0.25, 0.3) is 10.0 Å². The number of hydrogen-bond acceptors (Lipinski definition) is 4. The van der Waals surface area contributed by atoms with Gasteiger partial charge in [-0.2, -0.15) is 4.31 Å². The molecule has 2 heterocycles. The molecule has 3 rings (SSSR count). The van der Waals surface area contributed by atoms with Crippen molar-refractivity contribution in [3.05, 3.63) is 46.8 Å². The lowest BCUT2D eigenvalue weighted by Gasteiger charge is -2.30. The van der Waals surface area contributed by atoms with Crippen molar-refractivity contribution < 1.29 is 13.2 Å². The second kappa shape index (κ2) is 7.23. The first-order valence-corrected chi connectivity index (χ1v) is 10.2. The Bertz CT molecular complexity index is 813. The number of halogens is 1. The van der Waals surface area contributed by atoms with Crippen molar-refractivity contribution in [3.63, 3.8) is 0 Å². The van der Waals surface area contributed by atoms with Crippen LogP contribution >= 0.6 is 22.9 Å². The minimum Gasteiger partial charge on any atom is -0.326 e. The molecule has 24 heavy (non-hydrogen) atoms. The summed E-state index contributed by atoms with van der Waals surface area (Å²) in [7, 11) is -3.51. The van der Waals surface area contributed by atoms with E-state index in [9.17, 15) is 13.2 Å². The van der Waals surface area contributed by atoms with Gasteiger partial charge in [-0.15, -0.1) is 11.3 Å². The third-order valence-electron chi connectivity index (χ3n) is 4.01. The van der Waals surface area contributed by atoms with Gasteiger partial charge in [-0.3, -0.25) is 4.79 Å². The molecule has 1 aliphatic heterocycles. The van der Waals surface area contributed by atoms with Gasteiger partial charge in [0.15, 0.2) is 0 Å². The van der Waals surface area contributed by atoms with Crippen LogP contribution < -0.4 is 5.32 Å². The van der Waals surface area contributed by atoms with E-state index < -0.39 is 10.0 Å². The molecule has 0 bridgehead atoms. The summed E-state index contributed by atoms with van der Waals surface area (Å²) in [6, 6.07) is 12.4. The maximum absolute atomic E-state index is 12.5. The molecule has 0 spiro atoms. The fourth-order valence-electron chi connectivity index (χ4n) is 2.69. The molecule has 0 aliphatic carbocycles. The number of nitrogens with zero attached hydrogens (tertiary/aromatic N) is 1. The first-order chi connectivity index (χ1) is 11.5. The predicted octanol–water partition coefficient (Wildman–Crippen LogP) is 3.44. The van der Waals surface area contributed by atoms with Crippen molar-refractivity contribution in [2.24, 2.45) is 5.92 Å². The summed E-state index contributed by atoms with van der Waals surface area (Å²) in [5, 5.41) is 2.88. The topological polar surface area (TPSA) is 66.5 Å². The van der Waals surface area contributed by atoms with E-state index in [1.165, 1.54) is 10.4 Å². The standard InChI is InChI=1S/C16H17ClN2O3S2/c17-14-6-7-15(23-14)24(21,22)19-10-8-12(9-11-19)16(20)18-13-4-2-1-3-5-13/h1-7,12H,8-11H2,(H,18,20). The number of rotatable bonds is 4. The van der Waals surface area contributed by atoms with Crippen LogP contribution in [0.1, 0.15) is 12.8 Å². The number of amides is 1. The summed E-state index contributed by atoms with van der Waals surface area (Å²) >= 11 is 6.88. The molecule has 2 aromatic rings. The lowest BCUT2D eigenvalue weighted by molar-refractivity contribution is -0.120. The predicted molar refractivity (Wildman–Crippen MR) is 95.9 cm³/mol. The van der Waals surface area contributed by atoms with Gasteiger partial charge >= 0.3 is 0 Å². The molecule has 1 aliphatic rings. The van der Waals surface area contributed by atoms with Gasteiger partial charge in [0, 0.05) is 24.7 Å². The fourth-order valence-corrected chi connectivity index (χ4v) is 5.79. The Kier molecular flexibility index (Phi) is 5.24. The minimum atomic E-state index is -3.51. The number of carbonyl (C=O) groups excluding carboxylic acids is 1. The number of nitrogens with one attached hydrogen (secondary N) is 1. The summed E-state index contributed by atoms with van der Waals surface area (Å²) in [5.41, 5.74) is 0.755. The molecule has 8 heteroatoms. The van der Waals surface area contributed by atoms with Gasteiger partial charge in [-0.05, 0) is 37.1 Å². The largest absolute Gasteiger partial charge is 0.326 e. The number of carbonyl (C=O) groups is 1. The highest BCUT2D eigenvalue weighted by Gasteiger charge is 2.32. The smallest absolute Gasteiger partial charge is 0.252 e. The van der Waals surface area contributed by atoms with E-state index in [-0.39, 0.29) is 16.0 Å². The van der Waals surface area contributed by atoms with Gasteiger partial charge in [-0.25, -0.2) is 8.42 Å². The molecule has 0 radical (unpaired) electrons. The van der Waals surface area contributed by atoms with Gasteiger partial charge in [0.2, 0.25) is 5.91 Å². The molecule has 0 saturated carbocycles. The molecule has 128 valence electrons. The van der Waals surface area contributed by atoms with E-state index in [2.05, 4.69) is 5.32 Å². The van der Waals surface area contributed by atoms with Crippen LogP contribution in [0.15, 0.2) is 46.7 Å². The zero-order chi connectivity index (χ0) is 17.2. The molecule has 5 nitrogen and oxygen atoms in total. The maximum Gasteiger partial charge on any atom is 0.252 e. The lowest BCUT2D eigenvalue weighted by atomic mass is 9.97. The van der Waals surface area contributed by atoms with Crippen LogP contribution in [0.5, 0.6) is 0 Å². The molecular weight excluding hydrogens is 368 g/mol. The fraction of sp³-hybridized carbons (Fsp3) is 0.312. The van der Waals surface area contributed by atoms with E-state index in [0.29, 0.717) is 30.3 Å². The SMILES string of the molecule is O=C(Nc1ccccc1)C1CCN(S(=O)(=O)c2ccc(Cl)s2)CC1. The van der Waals surface area contributed by atoms with Crippen molar-refractivity contribution in [2.45, 2.75) is 17.1 Å². The van der Waals surface area contributed by atoms with Crippen molar-refractivity contribution in [1.82, 2.24) is 4.31 Å². The van der Waals surface area contributed by atoms with Crippen LogP contribution in [-0.4, -0.2) is 31.7 Å². The second-order valence-corrected chi connectivity index (χ2v) is 9.47. The Morgan fingerprint density at radius 2 is 1.79 bits per heavy atom. The van der Waals surface area contributed by atoms with Crippen LogP contribution in [0.25, 0.3) is 0 Å². The number of sulfonamides is 1. The van der Waals surface area contributed by atoms with E-state index in [0.717, 1.165) is 17.0 Å². The van der Waals surface area contributed by atoms with E-state index in [1.54, 1.807) is 6.07 Å². The quantitative estimate of drug-likeness (QED) is 0.878. The summed E-state index contributed by atoms with van der Waals surface area (Å²) in [4.78, 5) is 12.3. The second-order valence-electron chi connectivity index (χ2n) is 5.59. The highest BCUT2D eigenvalue weighted by atomic mass is 35.5. The Hall–Kier alpha value is -1.41. The van der Waals surface area contributed by atoms with Gasteiger partial charge in [0.05, 0.1) is 4.34 Å². The van der Waals surface area contributed by atoms with Gasteiger partial charge < -0.3 is 5.32 Å². The highest BCUT2D eigenvalue weighted by Crippen LogP contribution is 2.30. The molecule has 0 atom stereocenters. The van der Waals surface area contributed by atoms with Crippen molar-refractivity contribution in [2.75, 3.05) is 18.4 Å². The molecule has 0 unspecified atom stereocenters. The molecule has 1 aromatic heterocycles. The normalized spacial score (nSPS) is 16.9. The number of anilines is 1. The number of benzene rings is 1. The first kappa shape index (κ1) is 17.4. The summed E-state index contributed by atoms with van der Waals surface area (Å²) in [5.74, 6) is -0.235. The minimum absolute atomic E-state index is 0.0579. The molecule has 1 N–H and O–H groups in total. The third-order valence-corrected chi connectivity index (χ3v) is 7.61. The average Bonchev–Trinajstić information content (AvgIpc) is 3.03. The lowest BCUT2D eigenvalue weighted by Crippen LogP contribution is -2.41. The monoisotopic (exact) mass is 384 g/mol. The van der Waals surface area contributed by atoms with E-state index >= 15 is 0 Å². The van der Waals surface area contributed by atoms with Crippen molar-refractivity contribution >= 4 is 44.6 Å². The maximum atomic E-state index is 12.5. The zero-order valence-corrected chi connectivity index (χ0v) is 15.2. The van der Waals surface area contributed by atoms with E-state index in [1.807, 2.05) is 30.3 Å². The molecule has 1 aromatic carbocycles. The Morgan fingerprint density at radius 3 is 2.38 bits per heavy atom. The summed E-state index contributed by atoms with van der Waals surface area (Å²) in [6.07, 6.45) is 1.02. The van der Waals surface area contributed by atoms with Crippen molar-refractivity contribution in [1.29, 1.82) is 0 Å². The molecule has 1 saturated heterocycles. The summed E-state index contributed by atoms with van der Waals surface area (Å²) < 4.78 is 27.2. The van der Waals surface area contributed by atoms with Crippen LogP contribution in [0.3, 0.4) is 0 Å². The average molecular weight is 385 g/mol. The Morgan fingerprint density at radius 1 is 1.12 bits per heavy atom. The number of thiophene rings is 1. The van der Waals surface area contributed by atoms with Crippen molar-refractivity contribution in [3.8, 4) is 0 Å². The zero-order valence-electron chi connectivity index (χ0n) is 12.8.